The van der Waals surface area contributed by atoms with Crippen LogP contribution in [0.4, 0.5) is 8.78 Å². The van der Waals surface area contributed by atoms with Crippen LogP contribution in [0.3, 0.4) is 0 Å². The Morgan fingerprint density at radius 2 is 1.71 bits per heavy atom. The first-order valence-corrected chi connectivity index (χ1v) is 8.16. The second-order valence-electron chi connectivity index (χ2n) is 5.90. The van der Waals surface area contributed by atoms with Gasteiger partial charge in [-0.05, 0) is 50.2 Å². The number of furan rings is 1. The predicted molar refractivity (Wildman–Crippen MR) is 98.1 cm³/mol. The lowest BCUT2D eigenvalue weighted by Gasteiger charge is -2.11. The van der Waals surface area contributed by atoms with Gasteiger partial charge in [0.15, 0.2) is 11.5 Å². The lowest BCUT2D eigenvalue weighted by atomic mass is 10.1. The molecule has 0 fully saturated rings. The molecule has 8 heteroatoms. The molecule has 0 radical (unpaired) electrons. The summed E-state index contributed by atoms with van der Waals surface area (Å²) in [7, 11) is 2.87. The number of hydrogen-bond acceptors (Lipinski definition) is 5. The first kappa shape index (κ1) is 21.0. The van der Waals surface area contributed by atoms with E-state index in [4.69, 9.17) is 14.4 Å². The van der Waals surface area contributed by atoms with Gasteiger partial charge in [-0.25, -0.2) is 13.8 Å². The number of nitrogens with zero attached hydrogens (tertiary/aromatic N) is 1. The quantitative estimate of drug-likeness (QED) is 0.533. The monoisotopic (exact) mass is 391 g/mol. The molecule has 3 aromatic rings. The standard InChI is InChI=1S/C12H12FNO3.C8H7FO2/c1-7-9-6-8(13)4-5-10(9)17-11(7)12(15)14(2)16-3;1-5(10)7-4-6(9)2-3-8(7)11/h4-6H,1-3H3;2-4,11H,1H3. The number of carbonyl (C=O) groups excluding carboxylic acids is 2. The number of amides is 1. The maximum atomic E-state index is 13.1. The van der Waals surface area contributed by atoms with Crippen molar-refractivity contribution in [2.75, 3.05) is 14.2 Å². The second-order valence-corrected chi connectivity index (χ2v) is 5.90. The molecule has 0 atom stereocenters. The highest BCUT2D eigenvalue weighted by Crippen LogP contribution is 2.26. The summed E-state index contributed by atoms with van der Waals surface area (Å²) in [6, 6.07) is 7.41. The Labute approximate surface area is 159 Å². The number of benzene rings is 2. The minimum absolute atomic E-state index is 0.0185. The van der Waals surface area contributed by atoms with Crippen molar-refractivity contribution in [2.24, 2.45) is 0 Å². The summed E-state index contributed by atoms with van der Waals surface area (Å²) in [6.45, 7) is 2.98. The number of ketones is 1. The molecular formula is C20H19F2NO5. The average molecular weight is 391 g/mol. The molecule has 0 aliphatic rings. The third-order valence-electron chi connectivity index (χ3n) is 3.99. The number of Topliss-reactive ketones (excluding diaryl/α,β-unsaturated/α-hetero) is 1. The summed E-state index contributed by atoms with van der Waals surface area (Å²) in [5, 5.41) is 10.7. The highest BCUT2D eigenvalue weighted by Gasteiger charge is 2.21. The van der Waals surface area contributed by atoms with E-state index in [0.717, 1.165) is 23.3 Å². The van der Waals surface area contributed by atoms with Crippen molar-refractivity contribution in [3.05, 3.63) is 64.9 Å². The largest absolute Gasteiger partial charge is 0.507 e. The Bertz CT molecular complexity index is 1030. The van der Waals surface area contributed by atoms with Gasteiger partial charge in [0.25, 0.3) is 0 Å². The summed E-state index contributed by atoms with van der Waals surface area (Å²) in [5.74, 6) is -1.65. The summed E-state index contributed by atoms with van der Waals surface area (Å²) in [4.78, 5) is 27.3. The van der Waals surface area contributed by atoms with Crippen LogP contribution >= 0.6 is 0 Å². The van der Waals surface area contributed by atoms with Crippen LogP contribution in [-0.2, 0) is 4.84 Å². The van der Waals surface area contributed by atoms with Gasteiger partial charge in [0, 0.05) is 18.0 Å². The normalized spacial score (nSPS) is 10.4. The van der Waals surface area contributed by atoms with E-state index in [2.05, 4.69) is 0 Å². The van der Waals surface area contributed by atoms with Gasteiger partial charge >= 0.3 is 5.91 Å². The topological polar surface area (TPSA) is 80.0 Å². The van der Waals surface area contributed by atoms with Gasteiger partial charge < -0.3 is 9.52 Å². The van der Waals surface area contributed by atoms with Crippen molar-refractivity contribution >= 4 is 22.7 Å². The van der Waals surface area contributed by atoms with E-state index in [0.29, 0.717) is 16.5 Å². The van der Waals surface area contributed by atoms with Crippen LogP contribution in [0.25, 0.3) is 11.0 Å². The maximum Gasteiger partial charge on any atom is 0.313 e. The molecule has 0 bridgehead atoms. The Balaban J connectivity index is 0.000000221. The van der Waals surface area contributed by atoms with Crippen molar-refractivity contribution in [1.29, 1.82) is 0 Å². The SMILES string of the molecule is CC(=O)c1cc(F)ccc1O.CON(C)C(=O)c1oc2ccc(F)cc2c1C. The molecular weight excluding hydrogens is 372 g/mol. The van der Waals surface area contributed by atoms with E-state index >= 15 is 0 Å². The van der Waals surface area contributed by atoms with Crippen molar-refractivity contribution in [3.8, 4) is 5.75 Å². The highest BCUT2D eigenvalue weighted by molar-refractivity contribution is 5.98. The molecule has 6 nitrogen and oxygen atoms in total. The fourth-order valence-electron chi connectivity index (χ4n) is 2.41. The Kier molecular flexibility index (Phi) is 6.48. The average Bonchev–Trinajstić information content (AvgIpc) is 2.99. The molecule has 28 heavy (non-hydrogen) atoms. The molecule has 3 rings (SSSR count). The Hall–Kier alpha value is -3.26. The number of hydrogen-bond donors (Lipinski definition) is 1. The summed E-state index contributed by atoms with van der Waals surface area (Å²) < 4.78 is 30.9. The lowest BCUT2D eigenvalue weighted by Crippen LogP contribution is -2.25. The van der Waals surface area contributed by atoms with Crippen molar-refractivity contribution in [3.63, 3.8) is 0 Å². The smallest absolute Gasteiger partial charge is 0.313 e. The molecule has 0 aliphatic carbocycles. The number of phenolic OH excluding ortho intramolecular Hbond substituents is 1. The van der Waals surface area contributed by atoms with E-state index in [1.54, 1.807) is 6.92 Å². The fraction of sp³-hybridized carbons (Fsp3) is 0.200. The van der Waals surface area contributed by atoms with E-state index in [1.807, 2.05) is 0 Å². The lowest BCUT2D eigenvalue weighted by molar-refractivity contribution is -0.0773. The number of fused-ring (bicyclic) bond motifs is 1. The van der Waals surface area contributed by atoms with E-state index in [-0.39, 0.29) is 28.7 Å². The van der Waals surface area contributed by atoms with Crippen LogP contribution in [0.1, 0.15) is 33.4 Å². The summed E-state index contributed by atoms with van der Waals surface area (Å²) in [6.07, 6.45) is 0. The fourth-order valence-corrected chi connectivity index (χ4v) is 2.41. The molecule has 0 saturated carbocycles. The first-order chi connectivity index (χ1) is 13.1. The minimum Gasteiger partial charge on any atom is -0.507 e. The van der Waals surface area contributed by atoms with Crippen LogP contribution in [-0.4, -0.2) is 36.0 Å². The van der Waals surface area contributed by atoms with E-state index in [9.17, 15) is 18.4 Å². The molecule has 148 valence electrons. The number of rotatable bonds is 3. The molecule has 1 amide bonds. The van der Waals surface area contributed by atoms with Crippen molar-refractivity contribution in [1.82, 2.24) is 5.06 Å². The molecule has 2 aromatic carbocycles. The predicted octanol–water partition coefficient (Wildman–Crippen LogP) is 4.25. The summed E-state index contributed by atoms with van der Waals surface area (Å²) >= 11 is 0. The zero-order valence-electron chi connectivity index (χ0n) is 15.7. The van der Waals surface area contributed by atoms with Crippen LogP contribution in [0.15, 0.2) is 40.8 Å². The molecule has 0 unspecified atom stereocenters. The second kappa shape index (κ2) is 8.62. The number of halogens is 2. The van der Waals surface area contributed by atoms with Crippen LogP contribution < -0.4 is 0 Å². The first-order valence-electron chi connectivity index (χ1n) is 8.16. The van der Waals surface area contributed by atoms with Gasteiger partial charge in [0.2, 0.25) is 0 Å². The van der Waals surface area contributed by atoms with Gasteiger partial charge in [-0.1, -0.05) is 0 Å². The van der Waals surface area contributed by atoms with Crippen LogP contribution in [0.2, 0.25) is 0 Å². The molecule has 1 aromatic heterocycles. The third kappa shape index (κ3) is 4.52. The number of carbonyl (C=O) groups is 2. The van der Waals surface area contributed by atoms with Crippen molar-refractivity contribution < 1.29 is 32.7 Å². The minimum atomic E-state index is -0.520. The van der Waals surface area contributed by atoms with Crippen LogP contribution in [0, 0.1) is 18.6 Å². The van der Waals surface area contributed by atoms with E-state index < -0.39 is 11.7 Å². The van der Waals surface area contributed by atoms with Gasteiger partial charge in [0.1, 0.15) is 23.0 Å². The van der Waals surface area contributed by atoms with Gasteiger partial charge in [-0.2, -0.15) is 0 Å². The van der Waals surface area contributed by atoms with Crippen LogP contribution in [0.5, 0.6) is 5.75 Å². The van der Waals surface area contributed by atoms with E-state index in [1.165, 1.54) is 39.3 Å². The Morgan fingerprint density at radius 3 is 2.29 bits per heavy atom. The number of hydroxylamine groups is 2. The van der Waals surface area contributed by atoms with Crippen molar-refractivity contribution in [2.45, 2.75) is 13.8 Å². The number of aryl methyl sites for hydroxylation is 1. The van der Waals surface area contributed by atoms with Gasteiger partial charge in [0.05, 0.1) is 12.7 Å². The third-order valence-corrected chi connectivity index (χ3v) is 3.99. The molecule has 1 N–H and O–H groups in total. The zero-order chi connectivity index (χ0) is 21.0. The summed E-state index contributed by atoms with van der Waals surface area (Å²) in [5.41, 5.74) is 1.11. The highest BCUT2D eigenvalue weighted by atomic mass is 19.1. The molecule has 0 saturated heterocycles. The molecule has 0 aliphatic heterocycles. The van der Waals surface area contributed by atoms with Gasteiger partial charge in [-0.15, -0.1) is 0 Å². The number of aromatic hydroxyl groups is 1. The number of phenols is 1. The van der Waals surface area contributed by atoms with Gasteiger partial charge in [-0.3, -0.25) is 14.4 Å². The molecule has 1 heterocycles. The zero-order valence-corrected chi connectivity index (χ0v) is 15.7. The molecule has 0 spiro atoms. The maximum absolute atomic E-state index is 13.1. The Morgan fingerprint density at radius 1 is 1.11 bits per heavy atom.